The van der Waals surface area contributed by atoms with Gasteiger partial charge in [-0.2, -0.15) is 0 Å². The number of pyridine rings is 1. The van der Waals surface area contributed by atoms with Crippen LogP contribution in [-0.2, 0) is 24.1 Å². The van der Waals surface area contributed by atoms with Gasteiger partial charge in [-0.05, 0) is 39.8 Å². The van der Waals surface area contributed by atoms with Gasteiger partial charge in [-0.1, -0.05) is 6.92 Å². The van der Waals surface area contributed by atoms with Gasteiger partial charge in [0, 0.05) is 57.3 Å². The number of nitrogens with one attached hydrogen (secondary N) is 1. The second-order valence-electron chi connectivity index (χ2n) is 10.1. The third-order valence-electron chi connectivity index (χ3n) is 6.48. The average molecular weight is 491 g/mol. The molecule has 1 saturated heterocycles. The maximum Gasteiger partial charge on any atom is 0.410 e. The largest absolute Gasteiger partial charge is 0.444 e. The molecule has 10 nitrogen and oxygen atoms in total. The standard InChI is InChI=1S/C26H34N8O2/c1-6-21-29-19-14-17-15-28-24(31-22(17)23(19)34(21)7-2)30-20-9-8-18(16-27-20)32-10-12-33(13-11-32)25(35)36-26(3,4)5/h8-9,15-16H,6-7,10-14H2,1-5H3,(H,27,28,30,31). The van der Waals surface area contributed by atoms with E-state index >= 15 is 0 Å². The summed E-state index contributed by atoms with van der Waals surface area (Å²) in [4.78, 5) is 35.0. The molecule has 3 aromatic rings. The van der Waals surface area contributed by atoms with Crippen molar-refractivity contribution in [1.29, 1.82) is 0 Å². The van der Waals surface area contributed by atoms with Crippen molar-refractivity contribution in [2.75, 3.05) is 36.4 Å². The van der Waals surface area contributed by atoms with Gasteiger partial charge < -0.3 is 24.4 Å². The van der Waals surface area contributed by atoms with Crippen LogP contribution >= 0.6 is 0 Å². The average Bonchev–Trinajstić information content (AvgIpc) is 3.39. The Morgan fingerprint density at radius 2 is 1.83 bits per heavy atom. The van der Waals surface area contributed by atoms with E-state index in [1.165, 1.54) is 0 Å². The molecule has 0 radical (unpaired) electrons. The number of hydrogen-bond acceptors (Lipinski definition) is 8. The van der Waals surface area contributed by atoms with E-state index in [1.54, 1.807) is 4.90 Å². The highest BCUT2D eigenvalue weighted by molar-refractivity contribution is 5.71. The van der Waals surface area contributed by atoms with Gasteiger partial charge in [0.1, 0.15) is 17.2 Å². The zero-order valence-electron chi connectivity index (χ0n) is 21.7. The summed E-state index contributed by atoms with van der Waals surface area (Å²) in [5.74, 6) is 2.31. The Labute approximate surface area is 211 Å². The van der Waals surface area contributed by atoms with Crippen LogP contribution in [0.2, 0.25) is 0 Å². The summed E-state index contributed by atoms with van der Waals surface area (Å²) in [6, 6.07) is 3.96. The topological polar surface area (TPSA) is 101 Å². The first-order valence-corrected chi connectivity index (χ1v) is 12.7. The predicted molar refractivity (Wildman–Crippen MR) is 139 cm³/mol. The Balaban J connectivity index is 1.24. The molecular weight excluding hydrogens is 456 g/mol. The van der Waals surface area contributed by atoms with Gasteiger partial charge in [0.15, 0.2) is 0 Å². The number of aromatic nitrogens is 5. The molecule has 0 unspecified atom stereocenters. The van der Waals surface area contributed by atoms with E-state index in [9.17, 15) is 4.79 Å². The first kappa shape index (κ1) is 24.0. The van der Waals surface area contributed by atoms with Gasteiger partial charge >= 0.3 is 6.09 Å². The highest BCUT2D eigenvalue weighted by Crippen LogP contribution is 2.36. The summed E-state index contributed by atoms with van der Waals surface area (Å²) < 4.78 is 7.75. The Bertz CT molecular complexity index is 1250. The molecule has 10 heteroatoms. The van der Waals surface area contributed by atoms with E-state index in [1.807, 2.05) is 45.3 Å². The van der Waals surface area contributed by atoms with E-state index in [0.29, 0.717) is 24.9 Å². The van der Waals surface area contributed by atoms with Crippen molar-refractivity contribution < 1.29 is 9.53 Å². The fourth-order valence-corrected chi connectivity index (χ4v) is 4.77. The van der Waals surface area contributed by atoms with Crippen LogP contribution < -0.4 is 10.2 Å². The lowest BCUT2D eigenvalue weighted by atomic mass is 10.2. The van der Waals surface area contributed by atoms with Gasteiger partial charge in [0.2, 0.25) is 5.95 Å². The van der Waals surface area contributed by atoms with Crippen molar-refractivity contribution in [2.24, 2.45) is 0 Å². The molecule has 3 aromatic heterocycles. The van der Waals surface area contributed by atoms with Crippen molar-refractivity contribution in [3.8, 4) is 11.4 Å². The highest BCUT2D eigenvalue weighted by atomic mass is 16.6. The van der Waals surface area contributed by atoms with Crippen molar-refractivity contribution in [2.45, 2.75) is 59.6 Å². The molecule has 5 rings (SSSR count). The number of nitrogens with zero attached hydrogens (tertiary/aromatic N) is 7. The van der Waals surface area contributed by atoms with E-state index < -0.39 is 5.60 Å². The van der Waals surface area contributed by atoms with Crippen LogP contribution in [0.5, 0.6) is 0 Å². The van der Waals surface area contributed by atoms with Gasteiger partial charge in [-0.3, -0.25) is 0 Å². The van der Waals surface area contributed by atoms with E-state index in [-0.39, 0.29) is 6.09 Å². The minimum absolute atomic E-state index is 0.255. The number of fused-ring (bicyclic) bond motifs is 3. The highest BCUT2D eigenvalue weighted by Gasteiger charge is 2.28. The number of aryl methyl sites for hydroxylation is 1. The zero-order chi connectivity index (χ0) is 25.4. The third-order valence-corrected chi connectivity index (χ3v) is 6.48. The number of amides is 1. The van der Waals surface area contributed by atoms with Crippen molar-refractivity contribution in [1.82, 2.24) is 29.4 Å². The summed E-state index contributed by atoms with van der Waals surface area (Å²) >= 11 is 0. The Morgan fingerprint density at radius 3 is 2.47 bits per heavy atom. The number of piperazine rings is 1. The molecule has 1 N–H and O–H groups in total. The van der Waals surface area contributed by atoms with E-state index in [4.69, 9.17) is 14.7 Å². The number of hydrogen-bond donors (Lipinski definition) is 1. The first-order valence-electron chi connectivity index (χ1n) is 12.7. The van der Waals surface area contributed by atoms with E-state index in [2.05, 4.69) is 38.6 Å². The maximum atomic E-state index is 12.3. The number of ether oxygens (including phenoxy) is 1. The molecule has 4 heterocycles. The Morgan fingerprint density at radius 1 is 1.06 bits per heavy atom. The van der Waals surface area contributed by atoms with Crippen molar-refractivity contribution in [3.05, 3.63) is 41.6 Å². The quantitative estimate of drug-likeness (QED) is 0.448. The molecule has 190 valence electrons. The minimum Gasteiger partial charge on any atom is -0.444 e. The van der Waals surface area contributed by atoms with Gasteiger partial charge in [-0.15, -0.1) is 0 Å². The van der Waals surface area contributed by atoms with Crippen LogP contribution in [0.25, 0.3) is 11.4 Å². The summed E-state index contributed by atoms with van der Waals surface area (Å²) in [5.41, 5.74) is 4.80. The summed E-state index contributed by atoms with van der Waals surface area (Å²) in [7, 11) is 0. The molecule has 1 fully saturated rings. The Hall–Kier alpha value is -3.69. The van der Waals surface area contributed by atoms with Gasteiger partial charge in [-0.25, -0.2) is 24.7 Å². The third kappa shape index (κ3) is 4.72. The lowest BCUT2D eigenvalue weighted by Gasteiger charge is -2.36. The second-order valence-corrected chi connectivity index (χ2v) is 10.1. The molecular formula is C26H34N8O2. The van der Waals surface area contributed by atoms with Gasteiger partial charge in [0.25, 0.3) is 0 Å². The summed E-state index contributed by atoms with van der Waals surface area (Å²) in [6.45, 7) is 13.5. The summed E-state index contributed by atoms with van der Waals surface area (Å²) in [6.07, 6.45) is 5.15. The number of rotatable bonds is 5. The molecule has 1 aliphatic heterocycles. The van der Waals surface area contributed by atoms with Crippen molar-refractivity contribution >= 4 is 23.5 Å². The molecule has 0 spiro atoms. The van der Waals surface area contributed by atoms with Crippen LogP contribution in [0.4, 0.5) is 22.2 Å². The number of carbonyl (C=O) groups is 1. The predicted octanol–water partition coefficient (Wildman–Crippen LogP) is 4.02. The van der Waals surface area contributed by atoms with Crippen molar-refractivity contribution in [3.63, 3.8) is 0 Å². The van der Waals surface area contributed by atoms with Crippen LogP contribution in [0.3, 0.4) is 0 Å². The van der Waals surface area contributed by atoms with E-state index in [0.717, 1.165) is 66.6 Å². The fraction of sp³-hybridized carbons (Fsp3) is 0.500. The van der Waals surface area contributed by atoms with Crippen LogP contribution in [-0.4, -0.2) is 67.3 Å². The lowest BCUT2D eigenvalue weighted by Crippen LogP contribution is -2.50. The number of imidazole rings is 1. The molecule has 1 aliphatic carbocycles. The first-order chi connectivity index (χ1) is 17.3. The molecule has 0 bridgehead atoms. The minimum atomic E-state index is -0.485. The molecule has 36 heavy (non-hydrogen) atoms. The molecule has 0 aromatic carbocycles. The monoisotopic (exact) mass is 490 g/mol. The normalized spacial score (nSPS) is 15.0. The smallest absolute Gasteiger partial charge is 0.410 e. The van der Waals surface area contributed by atoms with Gasteiger partial charge in [0.05, 0.1) is 29.0 Å². The summed E-state index contributed by atoms with van der Waals surface area (Å²) in [5, 5.41) is 3.25. The molecule has 0 saturated carbocycles. The second kappa shape index (κ2) is 9.40. The number of anilines is 3. The fourth-order valence-electron chi connectivity index (χ4n) is 4.77. The SMILES string of the molecule is CCc1nc2c(n1CC)-c1nc(Nc3ccc(N4CCN(C(=O)OC(C)(C)C)CC4)cn3)ncc1C2. The zero-order valence-corrected chi connectivity index (χ0v) is 21.7. The Kier molecular flexibility index (Phi) is 6.27. The number of carbonyl (C=O) groups excluding carboxylic acids is 1. The molecule has 2 aliphatic rings. The maximum absolute atomic E-state index is 12.3. The van der Waals surface area contributed by atoms with Crippen LogP contribution in [0, 0.1) is 0 Å². The van der Waals surface area contributed by atoms with Crippen LogP contribution in [0.15, 0.2) is 24.5 Å². The molecule has 1 amide bonds. The van der Waals surface area contributed by atoms with Crippen LogP contribution in [0.1, 0.15) is 51.7 Å². The lowest BCUT2D eigenvalue weighted by molar-refractivity contribution is 0.0240. The molecule has 0 atom stereocenters.